The maximum absolute atomic E-state index is 12.9. The SMILES string of the molecule is CCC(c1ccccc1)N1CCN(C(=O)c2cc3ccccc3[nH]2)CC1. The fraction of sp³-hybridized carbons (Fsp3) is 0.318. The second-order valence-corrected chi connectivity index (χ2v) is 6.93. The molecule has 4 rings (SSSR count). The minimum Gasteiger partial charge on any atom is -0.351 e. The lowest BCUT2D eigenvalue weighted by Gasteiger charge is -2.39. The third-order valence-electron chi connectivity index (χ3n) is 5.37. The summed E-state index contributed by atoms with van der Waals surface area (Å²) in [4.78, 5) is 20.6. The molecule has 1 N–H and O–H groups in total. The van der Waals surface area contributed by atoms with Crippen molar-refractivity contribution in [1.29, 1.82) is 0 Å². The Morgan fingerprint density at radius 3 is 2.38 bits per heavy atom. The molecule has 1 atom stereocenters. The molecule has 1 fully saturated rings. The molecule has 4 heteroatoms. The number of hydrogen-bond acceptors (Lipinski definition) is 2. The topological polar surface area (TPSA) is 39.3 Å². The van der Waals surface area contributed by atoms with Crippen molar-refractivity contribution >= 4 is 16.8 Å². The van der Waals surface area contributed by atoms with Gasteiger partial charge in [0.05, 0.1) is 0 Å². The Balaban J connectivity index is 1.43. The number of H-pyrrole nitrogens is 1. The molecule has 1 saturated heterocycles. The quantitative estimate of drug-likeness (QED) is 0.772. The van der Waals surface area contributed by atoms with Gasteiger partial charge in [0, 0.05) is 43.1 Å². The van der Waals surface area contributed by atoms with E-state index in [-0.39, 0.29) is 5.91 Å². The van der Waals surface area contributed by atoms with Crippen molar-refractivity contribution in [2.45, 2.75) is 19.4 Å². The van der Waals surface area contributed by atoms with Gasteiger partial charge in [0.25, 0.3) is 5.91 Å². The van der Waals surface area contributed by atoms with Crippen LogP contribution in [0.1, 0.15) is 35.4 Å². The molecule has 1 aromatic heterocycles. The van der Waals surface area contributed by atoms with Crippen LogP contribution in [0.2, 0.25) is 0 Å². The van der Waals surface area contributed by atoms with Crippen LogP contribution in [0.25, 0.3) is 10.9 Å². The molecule has 0 bridgehead atoms. The normalized spacial score (nSPS) is 16.7. The van der Waals surface area contributed by atoms with Crippen LogP contribution in [0.15, 0.2) is 60.7 Å². The average molecular weight is 347 g/mol. The molecule has 1 amide bonds. The molecular weight excluding hydrogens is 322 g/mol. The summed E-state index contributed by atoms with van der Waals surface area (Å²) in [6.07, 6.45) is 1.08. The number of rotatable bonds is 4. The van der Waals surface area contributed by atoms with Crippen LogP contribution < -0.4 is 0 Å². The predicted octanol–water partition coefficient (Wildman–Crippen LogP) is 4.08. The Kier molecular flexibility index (Phi) is 4.76. The first-order valence-corrected chi connectivity index (χ1v) is 9.42. The lowest BCUT2D eigenvalue weighted by Crippen LogP contribution is -2.49. The average Bonchev–Trinajstić information content (AvgIpc) is 3.14. The Bertz CT molecular complexity index is 846. The number of benzene rings is 2. The summed E-state index contributed by atoms with van der Waals surface area (Å²) < 4.78 is 0. The zero-order chi connectivity index (χ0) is 17.9. The van der Waals surface area contributed by atoms with Crippen LogP contribution in [-0.2, 0) is 0 Å². The molecule has 26 heavy (non-hydrogen) atoms. The van der Waals surface area contributed by atoms with Crippen LogP contribution in [0, 0.1) is 0 Å². The zero-order valence-electron chi connectivity index (χ0n) is 15.2. The van der Waals surface area contributed by atoms with Crippen LogP contribution in [0.3, 0.4) is 0 Å². The number of nitrogens with one attached hydrogen (secondary N) is 1. The molecule has 0 aliphatic carbocycles. The first-order chi connectivity index (χ1) is 12.8. The monoisotopic (exact) mass is 347 g/mol. The maximum Gasteiger partial charge on any atom is 0.270 e. The summed E-state index contributed by atoms with van der Waals surface area (Å²) in [6.45, 7) is 5.62. The molecule has 1 aliphatic rings. The minimum absolute atomic E-state index is 0.105. The summed E-state index contributed by atoms with van der Waals surface area (Å²) >= 11 is 0. The van der Waals surface area contributed by atoms with Gasteiger partial charge < -0.3 is 9.88 Å². The van der Waals surface area contributed by atoms with E-state index in [1.807, 2.05) is 35.2 Å². The lowest BCUT2D eigenvalue weighted by atomic mass is 10.0. The number of aromatic amines is 1. The second kappa shape index (κ2) is 7.34. The van der Waals surface area contributed by atoms with Gasteiger partial charge in [-0.15, -0.1) is 0 Å². The molecule has 134 valence electrons. The molecule has 0 saturated carbocycles. The first kappa shape index (κ1) is 16.9. The van der Waals surface area contributed by atoms with Gasteiger partial charge in [0.1, 0.15) is 5.69 Å². The third kappa shape index (κ3) is 3.25. The number of nitrogens with zero attached hydrogens (tertiary/aromatic N) is 2. The zero-order valence-corrected chi connectivity index (χ0v) is 15.2. The predicted molar refractivity (Wildman–Crippen MR) is 105 cm³/mol. The minimum atomic E-state index is 0.105. The van der Waals surface area contributed by atoms with Crippen molar-refractivity contribution in [3.63, 3.8) is 0 Å². The van der Waals surface area contributed by atoms with Gasteiger partial charge in [-0.2, -0.15) is 0 Å². The van der Waals surface area contributed by atoms with Crippen LogP contribution in [0.4, 0.5) is 0 Å². The standard InChI is InChI=1S/C22H25N3O/c1-2-21(17-8-4-3-5-9-17)24-12-14-25(15-13-24)22(26)20-16-18-10-6-7-11-19(18)23-20/h3-11,16,21,23H,2,12-15H2,1H3. The molecule has 0 spiro atoms. The summed E-state index contributed by atoms with van der Waals surface area (Å²) in [7, 11) is 0. The molecule has 1 aliphatic heterocycles. The molecule has 2 aromatic carbocycles. The highest BCUT2D eigenvalue weighted by atomic mass is 16.2. The Morgan fingerprint density at radius 2 is 1.69 bits per heavy atom. The molecule has 1 unspecified atom stereocenters. The Morgan fingerprint density at radius 1 is 1.00 bits per heavy atom. The van der Waals surface area contributed by atoms with Crippen molar-refractivity contribution in [1.82, 2.24) is 14.8 Å². The van der Waals surface area contributed by atoms with E-state index in [4.69, 9.17) is 0 Å². The fourth-order valence-electron chi connectivity index (χ4n) is 3.98. The van der Waals surface area contributed by atoms with Gasteiger partial charge in [-0.25, -0.2) is 0 Å². The van der Waals surface area contributed by atoms with Gasteiger partial charge in [-0.3, -0.25) is 9.69 Å². The highest BCUT2D eigenvalue weighted by Crippen LogP contribution is 2.25. The van der Waals surface area contributed by atoms with E-state index >= 15 is 0 Å². The van der Waals surface area contributed by atoms with E-state index in [0.717, 1.165) is 43.5 Å². The first-order valence-electron chi connectivity index (χ1n) is 9.42. The number of amides is 1. The van der Waals surface area contributed by atoms with Crippen LogP contribution in [-0.4, -0.2) is 46.9 Å². The maximum atomic E-state index is 12.9. The number of carbonyl (C=O) groups is 1. The van der Waals surface area contributed by atoms with Crippen LogP contribution in [0.5, 0.6) is 0 Å². The molecule has 2 heterocycles. The van der Waals surface area contributed by atoms with Gasteiger partial charge in [-0.05, 0) is 24.1 Å². The molecule has 3 aromatic rings. The number of para-hydroxylation sites is 1. The molecular formula is C22H25N3O. The van der Waals surface area contributed by atoms with Crippen LogP contribution >= 0.6 is 0 Å². The van der Waals surface area contributed by atoms with Crippen molar-refractivity contribution in [2.75, 3.05) is 26.2 Å². The Labute approximate surface area is 154 Å². The fourth-order valence-corrected chi connectivity index (χ4v) is 3.98. The van der Waals surface area contributed by atoms with E-state index in [9.17, 15) is 4.79 Å². The lowest BCUT2D eigenvalue weighted by molar-refractivity contribution is 0.0558. The summed E-state index contributed by atoms with van der Waals surface area (Å²) in [6, 6.07) is 21.1. The third-order valence-corrected chi connectivity index (χ3v) is 5.37. The molecule has 0 radical (unpaired) electrons. The molecule has 4 nitrogen and oxygen atoms in total. The van der Waals surface area contributed by atoms with Crippen molar-refractivity contribution in [3.8, 4) is 0 Å². The number of carbonyl (C=O) groups excluding carboxylic acids is 1. The highest BCUT2D eigenvalue weighted by molar-refractivity contribution is 5.98. The van der Waals surface area contributed by atoms with E-state index in [0.29, 0.717) is 11.7 Å². The van der Waals surface area contributed by atoms with E-state index in [1.165, 1.54) is 5.56 Å². The number of fused-ring (bicyclic) bond motifs is 1. The van der Waals surface area contributed by atoms with Crippen molar-refractivity contribution < 1.29 is 4.79 Å². The van der Waals surface area contributed by atoms with E-state index < -0.39 is 0 Å². The second-order valence-electron chi connectivity index (χ2n) is 6.93. The number of piperazine rings is 1. The number of aromatic nitrogens is 1. The van der Waals surface area contributed by atoms with Gasteiger partial charge in [-0.1, -0.05) is 55.5 Å². The number of hydrogen-bond donors (Lipinski definition) is 1. The van der Waals surface area contributed by atoms with Crippen molar-refractivity contribution in [2.24, 2.45) is 0 Å². The van der Waals surface area contributed by atoms with Gasteiger partial charge >= 0.3 is 0 Å². The van der Waals surface area contributed by atoms with Gasteiger partial charge in [0.2, 0.25) is 0 Å². The summed E-state index contributed by atoms with van der Waals surface area (Å²) in [5.41, 5.74) is 3.07. The highest BCUT2D eigenvalue weighted by Gasteiger charge is 2.27. The van der Waals surface area contributed by atoms with E-state index in [1.54, 1.807) is 0 Å². The van der Waals surface area contributed by atoms with Crippen molar-refractivity contribution in [3.05, 3.63) is 71.9 Å². The Hall–Kier alpha value is -2.59. The summed E-state index contributed by atoms with van der Waals surface area (Å²) in [5, 5.41) is 1.09. The summed E-state index contributed by atoms with van der Waals surface area (Å²) in [5.74, 6) is 0.105. The smallest absolute Gasteiger partial charge is 0.270 e. The van der Waals surface area contributed by atoms with E-state index in [2.05, 4.69) is 47.1 Å². The van der Waals surface area contributed by atoms with Gasteiger partial charge in [0.15, 0.2) is 0 Å². The largest absolute Gasteiger partial charge is 0.351 e.